The minimum atomic E-state index is -0.137. The molecule has 0 aliphatic carbocycles. The van der Waals surface area contributed by atoms with Crippen LogP contribution in [-0.4, -0.2) is 49.0 Å². The molecular weight excluding hydrogens is 320 g/mol. The molecule has 1 aliphatic rings. The van der Waals surface area contributed by atoms with E-state index in [2.05, 4.69) is 33.2 Å². The lowest BCUT2D eigenvalue weighted by molar-refractivity contribution is -0.111. The van der Waals surface area contributed by atoms with Gasteiger partial charge in [0.15, 0.2) is 0 Å². The summed E-state index contributed by atoms with van der Waals surface area (Å²) < 4.78 is 0. The number of hydrogen-bond acceptors (Lipinski definition) is 5. The molecule has 6 heteroatoms. The Labute approximate surface area is 146 Å². The molecule has 0 bridgehead atoms. The molecule has 0 radical (unpaired) electrons. The minimum absolute atomic E-state index is 0.137. The summed E-state index contributed by atoms with van der Waals surface area (Å²) >= 11 is 1.58. The van der Waals surface area contributed by atoms with Gasteiger partial charge in [-0.15, -0.1) is 11.3 Å². The average molecular weight is 342 g/mol. The molecule has 0 atom stereocenters. The van der Waals surface area contributed by atoms with Crippen molar-refractivity contribution >= 4 is 34.7 Å². The molecule has 3 rings (SSSR count). The van der Waals surface area contributed by atoms with E-state index >= 15 is 0 Å². The number of nitrogens with one attached hydrogen (secondary N) is 1. The van der Waals surface area contributed by atoms with Crippen molar-refractivity contribution in [2.24, 2.45) is 0 Å². The van der Waals surface area contributed by atoms with Crippen molar-refractivity contribution in [1.82, 2.24) is 9.88 Å². The van der Waals surface area contributed by atoms with Crippen molar-refractivity contribution in [1.29, 1.82) is 0 Å². The zero-order valence-electron chi connectivity index (χ0n) is 14.0. The zero-order valence-corrected chi connectivity index (χ0v) is 14.8. The summed E-state index contributed by atoms with van der Waals surface area (Å²) in [6, 6.07) is 7.97. The summed E-state index contributed by atoms with van der Waals surface area (Å²) in [7, 11) is 2.13. The molecule has 1 aromatic carbocycles. The van der Waals surface area contributed by atoms with E-state index in [1.807, 2.05) is 30.5 Å². The summed E-state index contributed by atoms with van der Waals surface area (Å²) in [4.78, 5) is 21.2. The van der Waals surface area contributed by atoms with Crippen LogP contribution in [-0.2, 0) is 4.79 Å². The monoisotopic (exact) mass is 342 g/mol. The molecule has 0 unspecified atom stereocenters. The summed E-state index contributed by atoms with van der Waals surface area (Å²) in [5.41, 5.74) is 2.75. The Balaban J connectivity index is 1.68. The fourth-order valence-electron chi connectivity index (χ4n) is 2.69. The van der Waals surface area contributed by atoms with E-state index in [9.17, 15) is 4.79 Å². The maximum Gasteiger partial charge on any atom is 0.248 e. The molecule has 2 heterocycles. The SMILES string of the molecule is Cc1nc(/C=C/C(=O)Nc2ccccc2N2CCN(C)CC2)cs1. The van der Waals surface area contributed by atoms with Crippen molar-refractivity contribution in [3.8, 4) is 0 Å². The van der Waals surface area contributed by atoms with Crippen LogP contribution in [0.3, 0.4) is 0 Å². The fourth-order valence-corrected chi connectivity index (χ4v) is 3.28. The van der Waals surface area contributed by atoms with Gasteiger partial charge in [-0.3, -0.25) is 4.79 Å². The number of thiazole rings is 1. The number of carbonyl (C=O) groups is 1. The summed E-state index contributed by atoms with van der Waals surface area (Å²) in [6.45, 7) is 5.96. The molecule has 1 saturated heterocycles. The third-order valence-corrected chi connectivity index (χ3v) is 4.84. The van der Waals surface area contributed by atoms with E-state index in [4.69, 9.17) is 0 Å². The third kappa shape index (κ3) is 4.21. The van der Waals surface area contributed by atoms with E-state index in [1.165, 1.54) is 6.08 Å². The number of nitrogens with zero attached hydrogens (tertiary/aromatic N) is 3. The largest absolute Gasteiger partial charge is 0.367 e. The number of carbonyl (C=O) groups excluding carboxylic acids is 1. The number of rotatable bonds is 4. The molecule has 1 fully saturated rings. The number of aryl methyl sites for hydroxylation is 1. The topological polar surface area (TPSA) is 48.5 Å². The van der Waals surface area contributed by atoms with Crippen LogP contribution >= 0.6 is 11.3 Å². The maximum atomic E-state index is 12.2. The molecule has 0 spiro atoms. The van der Waals surface area contributed by atoms with Crippen LogP contribution in [0.25, 0.3) is 6.08 Å². The Morgan fingerprint density at radius 3 is 2.71 bits per heavy atom. The first-order valence-electron chi connectivity index (χ1n) is 8.05. The third-order valence-electron chi connectivity index (χ3n) is 4.05. The van der Waals surface area contributed by atoms with Gasteiger partial charge in [-0.25, -0.2) is 4.98 Å². The van der Waals surface area contributed by atoms with Gasteiger partial charge in [-0.1, -0.05) is 12.1 Å². The number of benzene rings is 1. The molecule has 1 N–H and O–H groups in total. The predicted molar refractivity (Wildman–Crippen MR) is 101 cm³/mol. The van der Waals surface area contributed by atoms with Gasteiger partial charge < -0.3 is 15.1 Å². The lowest BCUT2D eigenvalue weighted by atomic mass is 10.2. The Bertz CT molecular complexity index is 732. The summed E-state index contributed by atoms with van der Waals surface area (Å²) in [5, 5.41) is 5.93. The molecule has 126 valence electrons. The van der Waals surface area contributed by atoms with E-state index in [0.717, 1.165) is 48.3 Å². The van der Waals surface area contributed by atoms with Gasteiger partial charge >= 0.3 is 0 Å². The fraction of sp³-hybridized carbons (Fsp3) is 0.333. The van der Waals surface area contributed by atoms with Gasteiger partial charge in [0.05, 0.1) is 22.1 Å². The first-order valence-corrected chi connectivity index (χ1v) is 8.93. The van der Waals surface area contributed by atoms with Gasteiger partial charge in [0, 0.05) is 37.6 Å². The maximum absolute atomic E-state index is 12.2. The number of amides is 1. The lowest BCUT2D eigenvalue weighted by Crippen LogP contribution is -2.44. The average Bonchev–Trinajstić information content (AvgIpc) is 3.00. The number of aromatic nitrogens is 1. The highest BCUT2D eigenvalue weighted by atomic mass is 32.1. The first-order chi connectivity index (χ1) is 11.6. The van der Waals surface area contributed by atoms with Crippen molar-refractivity contribution in [3.63, 3.8) is 0 Å². The highest BCUT2D eigenvalue weighted by Crippen LogP contribution is 2.26. The number of anilines is 2. The van der Waals surface area contributed by atoms with E-state index in [0.29, 0.717) is 0 Å². The molecule has 5 nitrogen and oxygen atoms in total. The second-order valence-corrected chi connectivity index (χ2v) is 6.98. The molecule has 1 amide bonds. The molecular formula is C18H22N4OS. The van der Waals surface area contributed by atoms with Crippen LogP contribution in [0.2, 0.25) is 0 Å². The van der Waals surface area contributed by atoms with Gasteiger partial charge in [-0.2, -0.15) is 0 Å². The number of likely N-dealkylation sites (N-methyl/N-ethyl adjacent to an activating group) is 1. The van der Waals surface area contributed by atoms with Crippen LogP contribution in [0.1, 0.15) is 10.7 Å². The Kier molecular flexibility index (Phi) is 5.27. The second-order valence-electron chi connectivity index (χ2n) is 5.92. The predicted octanol–water partition coefficient (Wildman–Crippen LogP) is 2.86. The van der Waals surface area contributed by atoms with Gasteiger partial charge in [-0.05, 0) is 32.2 Å². The van der Waals surface area contributed by atoms with E-state index in [1.54, 1.807) is 17.4 Å². The number of piperazine rings is 1. The molecule has 1 aliphatic heterocycles. The Hall–Kier alpha value is -2.18. The van der Waals surface area contributed by atoms with Crippen LogP contribution in [0, 0.1) is 6.92 Å². The van der Waals surface area contributed by atoms with E-state index in [-0.39, 0.29) is 5.91 Å². The molecule has 2 aromatic rings. The quantitative estimate of drug-likeness (QED) is 0.868. The highest BCUT2D eigenvalue weighted by molar-refractivity contribution is 7.09. The minimum Gasteiger partial charge on any atom is -0.367 e. The van der Waals surface area contributed by atoms with Crippen LogP contribution < -0.4 is 10.2 Å². The first kappa shape index (κ1) is 16.7. The smallest absolute Gasteiger partial charge is 0.248 e. The van der Waals surface area contributed by atoms with E-state index < -0.39 is 0 Å². The Morgan fingerprint density at radius 1 is 1.25 bits per heavy atom. The Morgan fingerprint density at radius 2 is 2.00 bits per heavy atom. The molecule has 1 aromatic heterocycles. The molecule has 24 heavy (non-hydrogen) atoms. The van der Waals surface area contributed by atoms with Crippen molar-refractivity contribution in [2.75, 3.05) is 43.4 Å². The van der Waals surface area contributed by atoms with Gasteiger partial charge in [0.25, 0.3) is 0 Å². The van der Waals surface area contributed by atoms with Crippen LogP contribution in [0.5, 0.6) is 0 Å². The van der Waals surface area contributed by atoms with Crippen LogP contribution in [0.4, 0.5) is 11.4 Å². The highest BCUT2D eigenvalue weighted by Gasteiger charge is 2.17. The van der Waals surface area contributed by atoms with Gasteiger partial charge in [0.1, 0.15) is 0 Å². The summed E-state index contributed by atoms with van der Waals surface area (Å²) in [5.74, 6) is -0.137. The van der Waals surface area contributed by atoms with Gasteiger partial charge in [0.2, 0.25) is 5.91 Å². The zero-order chi connectivity index (χ0) is 16.9. The standard InChI is InChI=1S/C18H22N4OS/c1-14-19-15(13-24-14)7-8-18(23)20-16-5-3-4-6-17(16)22-11-9-21(2)10-12-22/h3-8,13H,9-12H2,1-2H3,(H,20,23)/b8-7+. The van der Waals surface area contributed by atoms with Crippen molar-refractivity contribution < 1.29 is 4.79 Å². The summed E-state index contributed by atoms with van der Waals surface area (Å²) in [6.07, 6.45) is 3.28. The van der Waals surface area contributed by atoms with Crippen molar-refractivity contribution in [2.45, 2.75) is 6.92 Å². The lowest BCUT2D eigenvalue weighted by Gasteiger charge is -2.35. The molecule has 0 saturated carbocycles. The van der Waals surface area contributed by atoms with Crippen LogP contribution in [0.15, 0.2) is 35.7 Å². The number of para-hydroxylation sites is 2. The number of hydrogen-bond donors (Lipinski definition) is 1. The normalized spacial score (nSPS) is 15.8. The second kappa shape index (κ2) is 7.59. The van der Waals surface area contributed by atoms with Crippen molar-refractivity contribution in [3.05, 3.63) is 46.4 Å².